The highest BCUT2D eigenvalue weighted by Gasteiger charge is 2.18. The zero-order valence-corrected chi connectivity index (χ0v) is 9.96. The third kappa shape index (κ3) is 3.49. The Morgan fingerprint density at radius 2 is 1.95 bits per heavy atom. The van der Waals surface area contributed by atoms with Crippen LogP contribution in [0.4, 0.5) is 0 Å². The molecule has 0 spiro atoms. The van der Waals surface area contributed by atoms with Crippen LogP contribution in [0.25, 0.3) is 0 Å². The lowest BCUT2D eigenvalue weighted by Gasteiger charge is -2.08. The van der Waals surface area contributed by atoms with E-state index in [4.69, 9.17) is 14.9 Å². The van der Waals surface area contributed by atoms with E-state index in [0.717, 1.165) is 12.1 Å². The van der Waals surface area contributed by atoms with Crippen LogP contribution >= 0.6 is 0 Å². The van der Waals surface area contributed by atoms with Crippen molar-refractivity contribution in [1.29, 1.82) is 0 Å². The fourth-order valence-corrected chi connectivity index (χ4v) is 1.39. The van der Waals surface area contributed by atoms with Gasteiger partial charge in [0.05, 0.1) is 17.7 Å². The van der Waals surface area contributed by atoms with Gasteiger partial charge < -0.3 is 14.9 Å². The molecule has 1 aromatic carbocycles. The Morgan fingerprint density at radius 1 is 1.26 bits per heavy atom. The summed E-state index contributed by atoms with van der Waals surface area (Å²) in [5, 5.41) is 17.4. The number of carbonyl (C=O) groups excluding carboxylic acids is 2. The highest BCUT2D eigenvalue weighted by atomic mass is 16.5. The summed E-state index contributed by atoms with van der Waals surface area (Å²) in [6.45, 7) is 2.73. The van der Waals surface area contributed by atoms with Gasteiger partial charge in [-0.25, -0.2) is 9.59 Å². The molecule has 0 unspecified atom stereocenters. The smallest absolute Gasteiger partial charge is 0.338 e. The molecular weight excluding hydrogens is 252 g/mol. The molecule has 1 rings (SSSR count). The Bertz CT molecular complexity index is 532. The minimum Gasteiger partial charge on any atom is -0.478 e. The van der Waals surface area contributed by atoms with E-state index < -0.39 is 17.7 Å². The largest absolute Gasteiger partial charge is 0.478 e. The standard InChI is InChI=1S/C13H12O6/c1-2-11(15)10-7-8(12(16)17)3-4-9(10)13(18)19-6-5-14/h2-4,7,14H,1,5-6H2,(H,16,17). The van der Waals surface area contributed by atoms with E-state index in [1.807, 2.05) is 0 Å². The highest BCUT2D eigenvalue weighted by Crippen LogP contribution is 2.15. The van der Waals surface area contributed by atoms with Gasteiger partial charge in [0, 0.05) is 5.56 Å². The molecule has 0 heterocycles. The number of aliphatic hydroxyl groups excluding tert-OH is 1. The predicted octanol–water partition coefficient (Wildman–Crippen LogP) is 0.903. The number of hydrogen-bond acceptors (Lipinski definition) is 5. The Labute approximate surface area is 108 Å². The molecule has 0 atom stereocenters. The van der Waals surface area contributed by atoms with Crippen LogP contribution in [0.2, 0.25) is 0 Å². The van der Waals surface area contributed by atoms with Gasteiger partial charge in [-0.05, 0) is 24.3 Å². The number of benzene rings is 1. The summed E-state index contributed by atoms with van der Waals surface area (Å²) in [5.41, 5.74) is -0.287. The monoisotopic (exact) mass is 264 g/mol. The van der Waals surface area contributed by atoms with Crippen LogP contribution in [0.3, 0.4) is 0 Å². The minimum absolute atomic E-state index is 0.0663. The molecule has 2 N–H and O–H groups in total. The number of ether oxygens (including phenoxy) is 1. The van der Waals surface area contributed by atoms with Crippen molar-refractivity contribution in [2.24, 2.45) is 0 Å². The van der Waals surface area contributed by atoms with E-state index in [1.165, 1.54) is 12.1 Å². The van der Waals surface area contributed by atoms with E-state index >= 15 is 0 Å². The number of hydrogen-bond donors (Lipinski definition) is 2. The maximum atomic E-state index is 11.7. The Hall–Kier alpha value is -2.47. The lowest BCUT2D eigenvalue weighted by Crippen LogP contribution is -2.14. The van der Waals surface area contributed by atoms with Crippen LogP contribution in [0.15, 0.2) is 30.9 Å². The molecule has 0 radical (unpaired) electrons. The maximum Gasteiger partial charge on any atom is 0.338 e. The second kappa shape index (κ2) is 6.46. The van der Waals surface area contributed by atoms with Crippen LogP contribution in [0.5, 0.6) is 0 Å². The molecule has 0 fully saturated rings. The lowest BCUT2D eigenvalue weighted by molar-refractivity contribution is 0.0431. The average molecular weight is 264 g/mol. The Morgan fingerprint density at radius 3 is 2.47 bits per heavy atom. The predicted molar refractivity (Wildman–Crippen MR) is 65.3 cm³/mol. The van der Waals surface area contributed by atoms with Crippen LogP contribution in [0, 0.1) is 0 Å². The van der Waals surface area contributed by atoms with Gasteiger partial charge in [-0.15, -0.1) is 0 Å². The zero-order chi connectivity index (χ0) is 14.4. The van der Waals surface area contributed by atoms with E-state index in [2.05, 4.69) is 6.58 Å². The summed E-state index contributed by atoms with van der Waals surface area (Å²) in [7, 11) is 0. The van der Waals surface area contributed by atoms with E-state index in [9.17, 15) is 14.4 Å². The van der Waals surface area contributed by atoms with Crippen molar-refractivity contribution >= 4 is 17.7 Å². The molecule has 0 aromatic heterocycles. The van der Waals surface area contributed by atoms with Gasteiger partial charge in [-0.1, -0.05) is 6.58 Å². The first kappa shape index (κ1) is 14.6. The first-order valence-electron chi connectivity index (χ1n) is 5.33. The molecule has 19 heavy (non-hydrogen) atoms. The van der Waals surface area contributed by atoms with Gasteiger partial charge in [-0.2, -0.15) is 0 Å². The quantitative estimate of drug-likeness (QED) is 0.450. The molecule has 0 amide bonds. The van der Waals surface area contributed by atoms with Crippen LogP contribution in [-0.2, 0) is 4.74 Å². The first-order chi connectivity index (χ1) is 9.01. The van der Waals surface area contributed by atoms with Crippen LogP contribution in [0.1, 0.15) is 31.1 Å². The van der Waals surface area contributed by atoms with E-state index in [0.29, 0.717) is 0 Å². The first-order valence-corrected chi connectivity index (χ1v) is 5.33. The second-order valence-corrected chi connectivity index (χ2v) is 3.49. The van der Waals surface area contributed by atoms with Gasteiger partial charge in [0.2, 0.25) is 0 Å². The summed E-state index contributed by atoms with van der Waals surface area (Å²) >= 11 is 0. The normalized spacial score (nSPS) is 9.74. The average Bonchev–Trinajstić information content (AvgIpc) is 2.43. The number of aromatic carboxylic acids is 1. The number of esters is 1. The molecule has 0 aliphatic heterocycles. The van der Waals surface area contributed by atoms with Crippen LogP contribution < -0.4 is 0 Å². The molecule has 100 valence electrons. The van der Waals surface area contributed by atoms with E-state index in [1.54, 1.807) is 0 Å². The van der Waals surface area contributed by atoms with Gasteiger partial charge in [0.15, 0.2) is 5.78 Å². The number of ketones is 1. The van der Waals surface area contributed by atoms with Crippen molar-refractivity contribution in [2.75, 3.05) is 13.2 Å². The molecule has 6 heteroatoms. The van der Waals surface area contributed by atoms with Crippen molar-refractivity contribution in [1.82, 2.24) is 0 Å². The number of allylic oxidation sites excluding steroid dienone is 1. The fourth-order valence-electron chi connectivity index (χ4n) is 1.39. The number of carbonyl (C=O) groups is 3. The Kier molecular flexibility index (Phi) is 4.96. The van der Waals surface area contributed by atoms with Gasteiger partial charge in [0.25, 0.3) is 0 Å². The number of carboxylic acids is 1. The number of rotatable bonds is 6. The lowest BCUT2D eigenvalue weighted by atomic mass is 10.0. The summed E-state index contributed by atoms with van der Waals surface area (Å²) in [5.74, 6) is -2.61. The SMILES string of the molecule is C=CC(=O)c1cc(C(=O)O)ccc1C(=O)OCCO. The van der Waals surface area contributed by atoms with Crippen molar-refractivity contribution in [3.63, 3.8) is 0 Å². The molecule has 0 aliphatic rings. The van der Waals surface area contributed by atoms with Gasteiger partial charge >= 0.3 is 11.9 Å². The maximum absolute atomic E-state index is 11.7. The fraction of sp³-hybridized carbons (Fsp3) is 0.154. The van der Waals surface area contributed by atoms with Crippen LogP contribution in [-0.4, -0.2) is 41.1 Å². The van der Waals surface area contributed by atoms with Crippen molar-refractivity contribution in [3.05, 3.63) is 47.5 Å². The summed E-state index contributed by atoms with van der Waals surface area (Å²) < 4.78 is 4.69. The third-order valence-corrected chi connectivity index (χ3v) is 2.26. The van der Waals surface area contributed by atoms with Crippen molar-refractivity contribution in [2.45, 2.75) is 0 Å². The molecule has 0 aliphatic carbocycles. The Balaban J connectivity index is 3.23. The topological polar surface area (TPSA) is 101 Å². The van der Waals surface area contributed by atoms with E-state index in [-0.39, 0.29) is 29.9 Å². The summed E-state index contributed by atoms with van der Waals surface area (Å²) in [4.78, 5) is 34.1. The minimum atomic E-state index is -1.21. The molecule has 6 nitrogen and oxygen atoms in total. The van der Waals surface area contributed by atoms with Gasteiger partial charge in [-0.3, -0.25) is 4.79 Å². The number of aliphatic hydroxyl groups is 1. The molecule has 0 saturated heterocycles. The highest BCUT2D eigenvalue weighted by molar-refractivity contribution is 6.12. The number of carboxylic acid groups (broad SMARTS) is 1. The van der Waals surface area contributed by atoms with Crippen molar-refractivity contribution < 1.29 is 29.3 Å². The summed E-state index contributed by atoms with van der Waals surface area (Å²) in [6.07, 6.45) is 0.976. The molecule has 0 bridgehead atoms. The zero-order valence-electron chi connectivity index (χ0n) is 9.96. The third-order valence-electron chi connectivity index (χ3n) is 2.26. The van der Waals surface area contributed by atoms with Crippen molar-refractivity contribution in [3.8, 4) is 0 Å². The molecule has 1 aromatic rings. The summed E-state index contributed by atoms with van der Waals surface area (Å²) in [6, 6.07) is 3.47. The molecular formula is C13H12O6. The van der Waals surface area contributed by atoms with Gasteiger partial charge in [0.1, 0.15) is 6.61 Å². The second-order valence-electron chi connectivity index (χ2n) is 3.49. The molecule has 0 saturated carbocycles.